The molecule has 3 rings (SSSR count). The Labute approximate surface area is 151 Å². The first-order valence-electron chi connectivity index (χ1n) is 9.69. The van der Waals surface area contributed by atoms with Crippen molar-refractivity contribution >= 4 is 11.8 Å². The molecule has 2 amide bonds. The van der Waals surface area contributed by atoms with Crippen LogP contribution < -0.4 is 5.32 Å². The molecule has 0 aromatic heterocycles. The van der Waals surface area contributed by atoms with Gasteiger partial charge in [-0.2, -0.15) is 0 Å². The van der Waals surface area contributed by atoms with Gasteiger partial charge in [0.25, 0.3) is 0 Å². The van der Waals surface area contributed by atoms with Crippen LogP contribution in [0.3, 0.4) is 0 Å². The van der Waals surface area contributed by atoms with Crippen LogP contribution in [-0.2, 0) is 9.59 Å². The maximum atomic E-state index is 12.8. The SMILES string of the molecule is CC(C)CC(NC(=O)C1CC(=O)N(C2CCCC2)C1)c1ccccc1. The number of rotatable bonds is 6. The average molecular weight is 342 g/mol. The van der Waals surface area contributed by atoms with Crippen molar-refractivity contribution in [3.05, 3.63) is 35.9 Å². The molecule has 2 unspecified atom stereocenters. The van der Waals surface area contributed by atoms with Gasteiger partial charge < -0.3 is 10.2 Å². The van der Waals surface area contributed by atoms with Gasteiger partial charge >= 0.3 is 0 Å². The molecule has 1 aromatic carbocycles. The molecule has 25 heavy (non-hydrogen) atoms. The fraction of sp³-hybridized carbons (Fsp3) is 0.619. The molecule has 1 saturated carbocycles. The second kappa shape index (κ2) is 8.03. The maximum absolute atomic E-state index is 12.8. The Morgan fingerprint density at radius 3 is 2.52 bits per heavy atom. The summed E-state index contributed by atoms with van der Waals surface area (Å²) in [6.45, 7) is 4.94. The predicted octanol–water partition coefficient (Wildman–Crippen LogP) is 3.68. The molecule has 0 spiro atoms. The lowest BCUT2D eigenvalue weighted by Crippen LogP contribution is -2.38. The lowest BCUT2D eigenvalue weighted by atomic mass is 9.96. The first kappa shape index (κ1) is 18.0. The summed E-state index contributed by atoms with van der Waals surface area (Å²) in [4.78, 5) is 27.2. The Kier molecular flexibility index (Phi) is 5.77. The maximum Gasteiger partial charge on any atom is 0.225 e. The number of carbonyl (C=O) groups excluding carboxylic acids is 2. The standard InChI is InChI=1S/C21H30N2O2/c1-15(2)12-19(16-8-4-3-5-9-16)22-21(25)17-13-20(24)23(14-17)18-10-6-7-11-18/h3-5,8-9,15,17-19H,6-7,10-14H2,1-2H3,(H,22,25). The first-order chi connectivity index (χ1) is 12.0. The molecule has 4 nitrogen and oxygen atoms in total. The van der Waals surface area contributed by atoms with Crippen LogP contribution in [0.15, 0.2) is 30.3 Å². The summed E-state index contributed by atoms with van der Waals surface area (Å²) in [6, 6.07) is 10.5. The Bertz CT molecular complexity index is 593. The smallest absolute Gasteiger partial charge is 0.225 e. The molecule has 1 heterocycles. The zero-order valence-electron chi connectivity index (χ0n) is 15.4. The monoisotopic (exact) mass is 342 g/mol. The van der Waals surface area contributed by atoms with E-state index in [2.05, 4.69) is 31.3 Å². The summed E-state index contributed by atoms with van der Waals surface area (Å²) < 4.78 is 0. The van der Waals surface area contributed by atoms with E-state index in [1.165, 1.54) is 12.8 Å². The van der Waals surface area contributed by atoms with Gasteiger partial charge in [-0.3, -0.25) is 9.59 Å². The molecule has 0 radical (unpaired) electrons. The van der Waals surface area contributed by atoms with Crippen LogP contribution in [-0.4, -0.2) is 29.3 Å². The number of likely N-dealkylation sites (tertiary alicyclic amines) is 1. The Hall–Kier alpha value is -1.84. The molecule has 0 bridgehead atoms. The van der Waals surface area contributed by atoms with Crippen LogP contribution in [0.5, 0.6) is 0 Å². The minimum Gasteiger partial charge on any atom is -0.349 e. The van der Waals surface area contributed by atoms with Crippen molar-refractivity contribution in [1.82, 2.24) is 10.2 Å². The molecular formula is C21H30N2O2. The largest absolute Gasteiger partial charge is 0.349 e. The molecule has 2 fully saturated rings. The Balaban J connectivity index is 1.64. The molecule has 1 aromatic rings. The third kappa shape index (κ3) is 4.42. The van der Waals surface area contributed by atoms with Crippen molar-refractivity contribution < 1.29 is 9.59 Å². The predicted molar refractivity (Wildman–Crippen MR) is 98.9 cm³/mol. The van der Waals surface area contributed by atoms with Crippen molar-refractivity contribution in [3.63, 3.8) is 0 Å². The summed E-state index contributed by atoms with van der Waals surface area (Å²) >= 11 is 0. The minimum absolute atomic E-state index is 0.0179. The lowest BCUT2D eigenvalue weighted by Gasteiger charge is -2.25. The minimum atomic E-state index is -0.202. The Morgan fingerprint density at radius 1 is 1.20 bits per heavy atom. The highest BCUT2D eigenvalue weighted by molar-refractivity contribution is 5.89. The van der Waals surface area contributed by atoms with E-state index in [-0.39, 0.29) is 23.8 Å². The fourth-order valence-corrected chi connectivity index (χ4v) is 4.20. The van der Waals surface area contributed by atoms with E-state index in [1.54, 1.807) is 0 Å². The average Bonchev–Trinajstić information content (AvgIpc) is 3.24. The number of carbonyl (C=O) groups is 2. The van der Waals surface area contributed by atoms with Gasteiger partial charge in [-0.05, 0) is 30.7 Å². The molecule has 1 aliphatic carbocycles. The van der Waals surface area contributed by atoms with E-state index >= 15 is 0 Å². The molecule has 4 heteroatoms. The molecule has 136 valence electrons. The lowest BCUT2D eigenvalue weighted by molar-refractivity contribution is -0.130. The van der Waals surface area contributed by atoms with Crippen LogP contribution in [0.2, 0.25) is 0 Å². The summed E-state index contributed by atoms with van der Waals surface area (Å²) in [5.74, 6) is 0.479. The van der Waals surface area contributed by atoms with E-state index in [0.717, 1.165) is 24.8 Å². The van der Waals surface area contributed by atoms with Crippen LogP contribution in [0.25, 0.3) is 0 Å². The van der Waals surface area contributed by atoms with Crippen molar-refractivity contribution in [3.8, 4) is 0 Å². The van der Waals surface area contributed by atoms with E-state index in [1.807, 2.05) is 23.1 Å². The van der Waals surface area contributed by atoms with Crippen molar-refractivity contribution in [2.24, 2.45) is 11.8 Å². The van der Waals surface area contributed by atoms with Gasteiger partial charge in [-0.1, -0.05) is 57.0 Å². The second-order valence-corrected chi connectivity index (χ2v) is 7.99. The number of nitrogens with one attached hydrogen (secondary N) is 1. The van der Waals surface area contributed by atoms with E-state index < -0.39 is 0 Å². The highest BCUT2D eigenvalue weighted by Gasteiger charge is 2.39. The van der Waals surface area contributed by atoms with Gasteiger partial charge in [0.1, 0.15) is 0 Å². The number of hydrogen-bond acceptors (Lipinski definition) is 2. The molecular weight excluding hydrogens is 312 g/mol. The van der Waals surface area contributed by atoms with Crippen LogP contribution >= 0.6 is 0 Å². The third-order valence-corrected chi connectivity index (χ3v) is 5.52. The molecule has 1 saturated heterocycles. The quantitative estimate of drug-likeness (QED) is 0.857. The molecule has 2 atom stereocenters. The summed E-state index contributed by atoms with van der Waals surface area (Å²) in [5.41, 5.74) is 1.14. The van der Waals surface area contributed by atoms with Crippen LogP contribution in [0.4, 0.5) is 0 Å². The van der Waals surface area contributed by atoms with E-state index in [9.17, 15) is 9.59 Å². The fourth-order valence-electron chi connectivity index (χ4n) is 4.20. The van der Waals surface area contributed by atoms with Crippen molar-refractivity contribution in [2.75, 3.05) is 6.54 Å². The highest BCUT2D eigenvalue weighted by atomic mass is 16.2. The number of benzene rings is 1. The number of hydrogen-bond donors (Lipinski definition) is 1. The van der Waals surface area contributed by atoms with Crippen molar-refractivity contribution in [1.29, 1.82) is 0 Å². The van der Waals surface area contributed by atoms with Gasteiger partial charge in [0, 0.05) is 19.0 Å². The normalized spacial score (nSPS) is 22.6. The molecule has 1 N–H and O–H groups in total. The number of nitrogens with zero attached hydrogens (tertiary/aromatic N) is 1. The zero-order chi connectivity index (χ0) is 17.8. The zero-order valence-corrected chi connectivity index (χ0v) is 15.4. The van der Waals surface area contributed by atoms with Gasteiger partial charge in [0.2, 0.25) is 11.8 Å². The molecule has 2 aliphatic rings. The van der Waals surface area contributed by atoms with Crippen LogP contribution in [0, 0.1) is 11.8 Å². The Morgan fingerprint density at radius 2 is 1.88 bits per heavy atom. The second-order valence-electron chi connectivity index (χ2n) is 7.99. The van der Waals surface area contributed by atoms with E-state index in [4.69, 9.17) is 0 Å². The van der Waals surface area contributed by atoms with Gasteiger partial charge in [-0.25, -0.2) is 0 Å². The van der Waals surface area contributed by atoms with Gasteiger partial charge in [-0.15, -0.1) is 0 Å². The summed E-state index contributed by atoms with van der Waals surface area (Å²) in [6.07, 6.45) is 5.87. The van der Waals surface area contributed by atoms with Gasteiger partial charge in [0.05, 0.1) is 12.0 Å². The summed E-state index contributed by atoms with van der Waals surface area (Å²) in [7, 11) is 0. The highest BCUT2D eigenvalue weighted by Crippen LogP contribution is 2.30. The first-order valence-corrected chi connectivity index (χ1v) is 9.69. The third-order valence-electron chi connectivity index (χ3n) is 5.52. The van der Waals surface area contributed by atoms with Crippen molar-refractivity contribution in [2.45, 2.75) is 64.5 Å². The van der Waals surface area contributed by atoms with E-state index in [0.29, 0.717) is 24.9 Å². The topological polar surface area (TPSA) is 49.4 Å². The summed E-state index contributed by atoms with van der Waals surface area (Å²) in [5, 5.41) is 3.22. The van der Waals surface area contributed by atoms with Crippen LogP contribution in [0.1, 0.15) is 64.0 Å². The molecule has 1 aliphatic heterocycles. The number of amides is 2. The van der Waals surface area contributed by atoms with Gasteiger partial charge in [0.15, 0.2) is 0 Å².